The van der Waals surface area contributed by atoms with Gasteiger partial charge in [0.25, 0.3) is 0 Å². The zero-order chi connectivity index (χ0) is 18.0. The average Bonchev–Trinajstić information content (AvgIpc) is 2.69. The Kier molecular flexibility index (Phi) is 5.07. The molecule has 0 radical (unpaired) electrons. The fourth-order valence-electron chi connectivity index (χ4n) is 3.77. The lowest BCUT2D eigenvalue weighted by Crippen LogP contribution is -2.40. The summed E-state index contributed by atoms with van der Waals surface area (Å²) in [5.74, 6) is 0. The summed E-state index contributed by atoms with van der Waals surface area (Å²) in [6.45, 7) is 2.45. The summed E-state index contributed by atoms with van der Waals surface area (Å²) >= 11 is 0. The monoisotopic (exact) mass is 373 g/mol. The third kappa shape index (κ3) is 3.68. The van der Waals surface area contributed by atoms with Crippen molar-refractivity contribution in [2.24, 2.45) is 0 Å². The number of hydrogen-bond acceptors (Lipinski definition) is 3. The van der Waals surface area contributed by atoms with Gasteiger partial charge in [0.2, 0.25) is 10.0 Å². The van der Waals surface area contributed by atoms with E-state index in [4.69, 9.17) is 4.74 Å². The molecular formula is C20H25N2O3S+. The molecule has 138 valence electrons. The topological polar surface area (TPSA) is 50.5 Å². The number of pyridine rings is 1. The van der Waals surface area contributed by atoms with Gasteiger partial charge in [-0.1, -0.05) is 12.1 Å². The van der Waals surface area contributed by atoms with Crippen molar-refractivity contribution in [1.29, 1.82) is 0 Å². The van der Waals surface area contributed by atoms with Crippen molar-refractivity contribution < 1.29 is 17.7 Å². The maximum atomic E-state index is 12.8. The fourth-order valence-corrected chi connectivity index (χ4v) is 5.25. The molecule has 2 heterocycles. The molecule has 1 aromatic heterocycles. The highest BCUT2D eigenvalue weighted by molar-refractivity contribution is 7.89. The van der Waals surface area contributed by atoms with Gasteiger partial charge in [-0.15, -0.1) is 0 Å². The molecule has 1 aliphatic carbocycles. The van der Waals surface area contributed by atoms with Crippen molar-refractivity contribution in [2.75, 3.05) is 26.3 Å². The molecule has 26 heavy (non-hydrogen) atoms. The van der Waals surface area contributed by atoms with Crippen LogP contribution in [0.1, 0.15) is 29.5 Å². The second-order valence-corrected chi connectivity index (χ2v) is 8.98. The number of rotatable bonds is 4. The Hall–Kier alpha value is -1.76. The number of aromatic nitrogens is 1. The highest BCUT2D eigenvalue weighted by Gasteiger charge is 2.26. The van der Waals surface area contributed by atoms with Gasteiger partial charge in [0.1, 0.15) is 0 Å². The minimum absolute atomic E-state index is 0.371. The van der Waals surface area contributed by atoms with E-state index in [9.17, 15) is 8.42 Å². The first kappa shape index (κ1) is 17.6. The summed E-state index contributed by atoms with van der Waals surface area (Å²) in [5.41, 5.74) is 3.88. The number of sulfonamides is 1. The van der Waals surface area contributed by atoms with E-state index in [1.54, 1.807) is 12.1 Å². The Labute approximate surface area is 155 Å². The lowest BCUT2D eigenvalue weighted by atomic mass is 9.93. The molecule has 2 aliphatic rings. The van der Waals surface area contributed by atoms with Crippen LogP contribution in [-0.4, -0.2) is 39.0 Å². The minimum atomic E-state index is -3.45. The van der Waals surface area contributed by atoms with Crippen LogP contribution >= 0.6 is 0 Å². The first-order valence-electron chi connectivity index (χ1n) is 9.31. The van der Waals surface area contributed by atoms with E-state index in [0.29, 0.717) is 37.7 Å². The second-order valence-electron chi connectivity index (χ2n) is 7.04. The lowest BCUT2D eigenvalue weighted by molar-refractivity contribution is -0.688. The normalized spacial score (nSPS) is 18.5. The SMILES string of the molecule is O=S(=O)(c1cccc(C[n+]2ccc3c(c2)CCCC3)c1)N1CCOCC1. The maximum absolute atomic E-state index is 12.8. The molecule has 0 amide bonds. The van der Waals surface area contributed by atoms with Crippen LogP contribution in [0.3, 0.4) is 0 Å². The molecule has 0 bridgehead atoms. The summed E-state index contributed by atoms with van der Waals surface area (Å²) in [7, 11) is -3.45. The Morgan fingerprint density at radius 1 is 1.04 bits per heavy atom. The van der Waals surface area contributed by atoms with Crippen molar-refractivity contribution in [3.8, 4) is 0 Å². The van der Waals surface area contributed by atoms with E-state index in [0.717, 1.165) is 12.0 Å². The van der Waals surface area contributed by atoms with E-state index < -0.39 is 10.0 Å². The predicted molar refractivity (Wildman–Crippen MR) is 98.4 cm³/mol. The van der Waals surface area contributed by atoms with Crippen LogP contribution < -0.4 is 4.57 Å². The van der Waals surface area contributed by atoms with Crippen molar-refractivity contribution in [3.05, 3.63) is 59.4 Å². The molecule has 0 unspecified atom stereocenters. The van der Waals surface area contributed by atoms with Crippen molar-refractivity contribution in [3.63, 3.8) is 0 Å². The summed E-state index contributed by atoms with van der Waals surface area (Å²) in [6.07, 6.45) is 9.17. The van der Waals surface area contributed by atoms with Crippen LogP contribution in [0.15, 0.2) is 47.6 Å². The minimum Gasteiger partial charge on any atom is -0.379 e. The van der Waals surface area contributed by atoms with E-state index in [-0.39, 0.29) is 0 Å². The van der Waals surface area contributed by atoms with Gasteiger partial charge < -0.3 is 4.74 Å². The molecule has 4 rings (SSSR count). The number of hydrogen-bond donors (Lipinski definition) is 0. The van der Waals surface area contributed by atoms with E-state index in [1.807, 2.05) is 12.1 Å². The fraction of sp³-hybridized carbons (Fsp3) is 0.450. The molecule has 5 nitrogen and oxygen atoms in total. The molecule has 2 aromatic rings. The van der Waals surface area contributed by atoms with Crippen LogP contribution in [-0.2, 0) is 34.1 Å². The molecule has 0 N–H and O–H groups in total. The first-order valence-corrected chi connectivity index (χ1v) is 10.7. The number of morpholine rings is 1. The smallest absolute Gasteiger partial charge is 0.243 e. The van der Waals surface area contributed by atoms with E-state index in [1.165, 1.54) is 34.7 Å². The Bertz CT molecular complexity index is 890. The van der Waals surface area contributed by atoms with Gasteiger partial charge in [0.05, 0.1) is 18.1 Å². The standard InChI is InChI=1S/C20H25N2O3S/c23-26(24,22-10-12-25-13-11-22)20-7-3-4-17(14-20)15-21-9-8-18-5-1-2-6-19(18)16-21/h3-4,7-9,14,16H,1-2,5-6,10-13,15H2/q+1. The van der Waals surface area contributed by atoms with Gasteiger partial charge in [-0.25, -0.2) is 13.0 Å². The van der Waals surface area contributed by atoms with Crippen LogP contribution in [0, 0.1) is 0 Å². The third-order valence-electron chi connectivity index (χ3n) is 5.21. The zero-order valence-electron chi connectivity index (χ0n) is 14.9. The van der Waals surface area contributed by atoms with Gasteiger partial charge in [-0.3, -0.25) is 0 Å². The number of aryl methyl sites for hydroxylation is 2. The van der Waals surface area contributed by atoms with Gasteiger partial charge in [-0.05, 0) is 43.4 Å². The van der Waals surface area contributed by atoms with Gasteiger partial charge in [0, 0.05) is 30.3 Å². The third-order valence-corrected chi connectivity index (χ3v) is 7.11. The summed E-state index contributed by atoms with van der Waals surface area (Å²) in [6, 6.07) is 9.53. The largest absolute Gasteiger partial charge is 0.379 e. The Balaban J connectivity index is 1.56. The molecule has 0 spiro atoms. The molecular weight excluding hydrogens is 348 g/mol. The molecule has 6 heteroatoms. The van der Waals surface area contributed by atoms with Crippen molar-refractivity contribution in [1.82, 2.24) is 4.31 Å². The van der Waals surface area contributed by atoms with Gasteiger partial charge >= 0.3 is 0 Å². The molecule has 0 atom stereocenters. The number of nitrogens with zero attached hydrogens (tertiary/aromatic N) is 2. The summed E-state index contributed by atoms with van der Waals surface area (Å²) in [4.78, 5) is 0.371. The second kappa shape index (κ2) is 7.47. The Morgan fingerprint density at radius 2 is 1.81 bits per heavy atom. The quantitative estimate of drug-likeness (QED) is 0.770. The van der Waals surface area contributed by atoms with Crippen LogP contribution in [0.4, 0.5) is 0 Å². The molecule has 0 saturated carbocycles. The van der Waals surface area contributed by atoms with Gasteiger partial charge in [0.15, 0.2) is 18.9 Å². The lowest BCUT2D eigenvalue weighted by Gasteiger charge is -2.26. The van der Waals surface area contributed by atoms with Crippen LogP contribution in [0.5, 0.6) is 0 Å². The van der Waals surface area contributed by atoms with Crippen molar-refractivity contribution in [2.45, 2.75) is 37.1 Å². The zero-order valence-corrected chi connectivity index (χ0v) is 15.7. The average molecular weight is 373 g/mol. The Morgan fingerprint density at radius 3 is 2.62 bits per heavy atom. The van der Waals surface area contributed by atoms with Crippen LogP contribution in [0.2, 0.25) is 0 Å². The number of benzene rings is 1. The highest BCUT2D eigenvalue weighted by Crippen LogP contribution is 2.20. The maximum Gasteiger partial charge on any atom is 0.243 e. The molecule has 1 saturated heterocycles. The number of ether oxygens (including phenoxy) is 1. The van der Waals surface area contributed by atoms with Gasteiger partial charge in [-0.2, -0.15) is 4.31 Å². The van der Waals surface area contributed by atoms with E-state index >= 15 is 0 Å². The van der Waals surface area contributed by atoms with Crippen LogP contribution in [0.25, 0.3) is 0 Å². The molecule has 1 aromatic carbocycles. The molecule has 1 fully saturated rings. The van der Waals surface area contributed by atoms with Crippen molar-refractivity contribution >= 4 is 10.0 Å². The summed E-state index contributed by atoms with van der Waals surface area (Å²) < 4.78 is 34.6. The number of fused-ring (bicyclic) bond motifs is 1. The van der Waals surface area contributed by atoms with E-state index in [2.05, 4.69) is 23.0 Å². The molecule has 1 aliphatic heterocycles. The summed E-state index contributed by atoms with van der Waals surface area (Å²) in [5, 5.41) is 0. The first-order chi connectivity index (χ1) is 12.6. The predicted octanol–water partition coefficient (Wildman–Crippen LogP) is 1.92. The highest BCUT2D eigenvalue weighted by atomic mass is 32.2.